The van der Waals surface area contributed by atoms with E-state index in [2.05, 4.69) is 33.2 Å². The molecule has 1 aromatic carbocycles. The van der Waals surface area contributed by atoms with Crippen molar-refractivity contribution in [1.29, 1.82) is 0 Å². The topological polar surface area (TPSA) is 50.8 Å². The Morgan fingerprint density at radius 1 is 1.16 bits per heavy atom. The van der Waals surface area contributed by atoms with Crippen LogP contribution in [0.4, 0.5) is 0 Å². The molecule has 0 radical (unpaired) electrons. The number of hydrogen-bond donors (Lipinski definition) is 1. The number of imidazole rings is 1. The summed E-state index contributed by atoms with van der Waals surface area (Å²) in [6.45, 7) is 4.54. The van der Waals surface area contributed by atoms with E-state index in [-0.39, 0.29) is 0 Å². The highest BCUT2D eigenvalue weighted by Crippen LogP contribution is 2.24. The maximum Gasteiger partial charge on any atom is 0.294 e. The van der Waals surface area contributed by atoms with Crippen LogP contribution in [0.5, 0.6) is 6.01 Å². The third-order valence-electron chi connectivity index (χ3n) is 2.97. The summed E-state index contributed by atoms with van der Waals surface area (Å²) >= 11 is 0. The van der Waals surface area contributed by atoms with E-state index in [0.29, 0.717) is 12.6 Å². The molecule has 0 fully saturated rings. The van der Waals surface area contributed by atoms with Crippen LogP contribution < -0.4 is 4.74 Å². The Bertz CT molecular complexity index is 718. The predicted molar refractivity (Wildman–Crippen MR) is 75.2 cm³/mol. The van der Waals surface area contributed by atoms with Crippen molar-refractivity contribution in [2.45, 2.75) is 13.8 Å². The third kappa shape index (κ3) is 2.29. The first kappa shape index (κ1) is 11.7. The molecule has 0 bridgehead atoms. The quantitative estimate of drug-likeness (QED) is 0.779. The van der Waals surface area contributed by atoms with E-state index in [1.807, 2.05) is 32.2 Å². The molecule has 0 saturated heterocycles. The zero-order valence-corrected chi connectivity index (χ0v) is 11.0. The third-order valence-corrected chi connectivity index (χ3v) is 2.97. The number of nitrogens with zero attached hydrogens (tertiary/aromatic N) is 2. The van der Waals surface area contributed by atoms with Crippen LogP contribution in [0.1, 0.15) is 12.6 Å². The van der Waals surface area contributed by atoms with Gasteiger partial charge in [-0.05, 0) is 49.2 Å². The minimum Gasteiger partial charge on any atom is -0.465 e. The highest BCUT2D eigenvalue weighted by molar-refractivity contribution is 5.82. The predicted octanol–water partition coefficient (Wildman–Crippen LogP) is 3.33. The standard InChI is InChI=1S/C15H15N3O/c1-3-19-15-17-13-5-4-11(9-14(13)18-15)12-6-7-16-10(2)8-12/h4-9H,3H2,1-2H3,(H,17,18). The number of aromatic nitrogens is 3. The lowest BCUT2D eigenvalue weighted by Crippen LogP contribution is -1.92. The fourth-order valence-electron chi connectivity index (χ4n) is 2.10. The van der Waals surface area contributed by atoms with Crippen molar-refractivity contribution >= 4 is 11.0 Å². The first-order valence-electron chi connectivity index (χ1n) is 6.32. The molecular formula is C15H15N3O. The molecule has 96 valence electrons. The molecule has 2 aromatic heterocycles. The molecule has 3 rings (SSSR count). The second kappa shape index (κ2) is 4.72. The smallest absolute Gasteiger partial charge is 0.294 e. The van der Waals surface area contributed by atoms with Gasteiger partial charge in [0.25, 0.3) is 6.01 Å². The molecule has 0 aliphatic rings. The summed E-state index contributed by atoms with van der Waals surface area (Å²) in [6.07, 6.45) is 1.83. The van der Waals surface area contributed by atoms with Crippen LogP contribution in [-0.2, 0) is 0 Å². The van der Waals surface area contributed by atoms with Gasteiger partial charge in [0.15, 0.2) is 0 Å². The lowest BCUT2D eigenvalue weighted by atomic mass is 10.1. The van der Waals surface area contributed by atoms with E-state index in [1.54, 1.807) is 0 Å². The van der Waals surface area contributed by atoms with Crippen LogP contribution in [0, 0.1) is 6.92 Å². The van der Waals surface area contributed by atoms with Crippen LogP contribution in [0.2, 0.25) is 0 Å². The van der Waals surface area contributed by atoms with Crippen molar-refractivity contribution in [3.05, 3.63) is 42.2 Å². The van der Waals surface area contributed by atoms with Gasteiger partial charge in [-0.15, -0.1) is 0 Å². The normalized spacial score (nSPS) is 10.8. The van der Waals surface area contributed by atoms with Gasteiger partial charge >= 0.3 is 0 Å². The van der Waals surface area contributed by atoms with E-state index >= 15 is 0 Å². The number of ether oxygens (including phenoxy) is 1. The molecular weight excluding hydrogens is 238 g/mol. The van der Waals surface area contributed by atoms with Crippen molar-refractivity contribution in [3.63, 3.8) is 0 Å². The van der Waals surface area contributed by atoms with Gasteiger partial charge in [-0.1, -0.05) is 6.07 Å². The summed E-state index contributed by atoms with van der Waals surface area (Å²) in [5, 5.41) is 0. The number of rotatable bonds is 3. The average Bonchev–Trinajstić information content (AvgIpc) is 2.80. The van der Waals surface area contributed by atoms with Gasteiger partial charge < -0.3 is 9.72 Å². The minimum atomic E-state index is 0.570. The first-order valence-corrected chi connectivity index (χ1v) is 6.32. The van der Waals surface area contributed by atoms with Gasteiger partial charge in [-0.3, -0.25) is 4.98 Å². The molecule has 1 N–H and O–H groups in total. The SMILES string of the molecule is CCOc1nc2ccc(-c3ccnc(C)c3)cc2[nH]1. The van der Waals surface area contributed by atoms with Gasteiger partial charge in [-0.25, -0.2) is 0 Å². The zero-order valence-electron chi connectivity index (χ0n) is 11.0. The van der Waals surface area contributed by atoms with E-state index in [9.17, 15) is 0 Å². The Kier molecular flexibility index (Phi) is 2.91. The minimum absolute atomic E-state index is 0.570. The highest BCUT2D eigenvalue weighted by Gasteiger charge is 2.05. The maximum atomic E-state index is 5.38. The number of fused-ring (bicyclic) bond motifs is 1. The molecule has 0 saturated carbocycles. The van der Waals surface area contributed by atoms with Crippen molar-refractivity contribution < 1.29 is 4.74 Å². The second-order valence-corrected chi connectivity index (χ2v) is 4.39. The van der Waals surface area contributed by atoms with Crippen LogP contribution in [0.15, 0.2) is 36.5 Å². The summed E-state index contributed by atoms with van der Waals surface area (Å²) in [5.41, 5.74) is 5.21. The van der Waals surface area contributed by atoms with Gasteiger partial charge in [0.2, 0.25) is 0 Å². The summed E-state index contributed by atoms with van der Waals surface area (Å²) in [5.74, 6) is 0. The lowest BCUT2D eigenvalue weighted by molar-refractivity contribution is 0.317. The molecule has 4 heteroatoms. The number of nitrogens with one attached hydrogen (secondary N) is 1. The Labute approximate surface area is 111 Å². The lowest BCUT2D eigenvalue weighted by Gasteiger charge is -2.02. The fourth-order valence-corrected chi connectivity index (χ4v) is 2.10. The van der Waals surface area contributed by atoms with Crippen LogP contribution >= 0.6 is 0 Å². The highest BCUT2D eigenvalue weighted by atomic mass is 16.5. The molecule has 0 aliphatic heterocycles. The number of aromatic amines is 1. The number of hydrogen-bond acceptors (Lipinski definition) is 3. The Morgan fingerprint density at radius 3 is 2.79 bits per heavy atom. The fraction of sp³-hybridized carbons (Fsp3) is 0.200. The maximum absolute atomic E-state index is 5.38. The number of pyridine rings is 1. The number of aryl methyl sites for hydroxylation is 1. The monoisotopic (exact) mass is 253 g/mol. The van der Waals surface area contributed by atoms with Crippen molar-refractivity contribution in [2.75, 3.05) is 6.61 Å². The van der Waals surface area contributed by atoms with Crippen LogP contribution in [0.25, 0.3) is 22.2 Å². The van der Waals surface area contributed by atoms with E-state index < -0.39 is 0 Å². The van der Waals surface area contributed by atoms with E-state index in [1.165, 1.54) is 0 Å². The average molecular weight is 253 g/mol. The van der Waals surface area contributed by atoms with Gasteiger partial charge in [0.05, 0.1) is 17.6 Å². The van der Waals surface area contributed by atoms with E-state index in [0.717, 1.165) is 27.9 Å². The molecule has 2 heterocycles. The summed E-state index contributed by atoms with van der Waals surface area (Å²) < 4.78 is 5.38. The Balaban J connectivity index is 2.05. The van der Waals surface area contributed by atoms with Crippen molar-refractivity contribution in [2.24, 2.45) is 0 Å². The molecule has 0 aliphatic carbocycles. The first-order chi connectivity index (χ1) is 9.26. The Morgan fingerprint density at radius 2 is 2.00 bits per heavy atom. The summed E-state index contributed by atoms with van der Waals surface area (Å²) in [4.78, 5) is 11.8. The van der Waals surface area contributed by atoms with Gasteiger partial charge in [-0.2, -0.15) is 4.98 Å². The molecule has 0 atom stereocenters. The van der Waals surface area contributed by atoms with Crippen molar-refractivity contribution in [3.8, 4) is 17.1 Å². The van der Waals surface area contributed by atoms with Crippen molar-refractivity contribution in [1.82, 2.24) is 15.0 Å². The second-order valence-electron chi connectivity index (χ2n) is 4.39. The molecule has 19 heavy (non-hydrogen) atoms. The zero-order chi connectivity index (χ0) is 13.2. The molecule has 0 unspecified atom stereocenters. The number of H-pyrrole nitrogens is 1. The molecule has 0 amide bonds. The summed E-state index contributed by atoms with van der Waals surface area (Å²) in [7, 11) is 0. The van der Waals surface area contributed by atoms with Gasteiger partial charge in [0.1, 0.15) is 0 Å². The molecule has 4 nitrogen and oxygen atoms in total. The summed E-state index contributed by atoms with van der Waals surface area (Å²) in [6, 6.07) is 10.8. The molecule has 0 spiro atoms. The molecule has 3 aromatic rings. The van der Waals surface area contributed by atoms with Crippen LogP contribution in [0.3, 0.4) is 0 Å². The van der Waals surface area contributed by atoms with Gasteiger partial charge in [0, 0.05) is 11.9 Å². The van der Waals surface area contributed by atoms with E-state index in [4.69, 9.17) is 4.74 Å². The largest absolute Gasteiger partial charge is 0.465 e. The number of benzene rings is 1. The van der Waals surface area contributed by atoms with Crippen LogP contribution in [-0.4, -0.2) is 21.6 Å². The Hall–Kier alpha value is -2.36.